The van der Waals surface area contributed by atoms with Crippen molar-refractivity contribution in [3.8, 4) is 0 Å². The first-order valence-electron chi connectivity index (χ1n) is 7.30. The maximum atomic E-state index is 4.47. The zero-order valence-corrected chi connectivity index (χ0v) is 12.5. The van der Waals surface area contributed by atoms with Crippen LogP contribution in [0, 0.1) is 13.8 Å². The maximum Gasteiger partial charge on any atom is 0.227 e. The highest BCUT2D eigenvalue weighted by atomic mass is 14.7. The highest BCUT2D eigenvalue weighted by Crippen LogP contribution is 2.17. The van der Waals surface area contributed by atoms with Gasteiger partial charge in [0, 0.05) is 6.20 Å². The lowest BCUT2D eigenvalue weighted by Gasteiger charge is -2.13. The maximum absolute atomic E-state index is 4.47. The van der Waals surface area contributed by atoms with Gasteiger partial charge in [0.05, 0.1) is 5.69 Å². The zero-order chi connectivity index (χ0) is 14.7. The summed E-state index contributed by atoms with van der Waals surface area (Å²) in [5.74, 6) is 4.56. The fourth-order valence-corrected chi connectivity index (χ4v) is 2.88. The molecule has 2 heterocycles. The lowest BCUT2D eigenvalue weighted by atomic mass is 9.43. The fourth-order valence-electron chi connectivity index (χ4n) is 2.88. The molecule has 1 aliphatic heterocycles. The van der Waals surface area contributed by atoms with Crippen molar-refractivity contribution in [1.29, 1.82) is 0 Å². The number of allylic oxidation sites excluding steroid dienone is 4. The van der Waals surface area contributed by atoms with Crippen molar-refractivity contribution in [2.24, 2.45) is 0 Å². The molecule has 0 fully saturated rings. The average Bonchev–Trinajstić information content (AvgIpc) is 2.74. The molecule has 21 heavy (non-hydrogen) atoms. The van der Waals surface area contributed by atoms with Crippen LogP contribution in [0.1, 0.15) is 16.8 Å². The Hall–Kier alpha value is -2.35. The number of benzene rings is 1. The van der Waals surface area contributed by atoms with Crippen molar-refractivity contribution in [3.05, 3.63) is 89.6 Å². The van der Waals surface area contributed by atoms with Crippen molar-refractivity contribution in [2.75, 3.05) is 0 Å². The van der Waals surface area contributed by atoms with Gasteiger partial charge in [0.15, 0.2) is 0 Å². The molecule has 0 aliphatic carbocycles. The van der Waals surface area contributed by atoms with Crippen LogP contribution in [0.2, 0.25) is 0 Å². The molecule has 0 atom stereocenters. The molecule has 102 valence electrons. The van der Waals surface area contributed by atoms with Crippen LogP contribution in [0.3, 0.4) is 0 Å². The van der Waals surface area contributed by atoms with E-state index in [4.69, 9.17) is 0 Å². The Morgan fingerprint density at radius 1 is 0.905 bits per heavy atom. The van der Waals surface area contributed by atoms with Gasteiger partial charge < -0.3 is 0 Å². The largest absolute Gasteiger partial charge is 0.256 e. The van der Waals surface area contributed by atoms with E-state index in [2.05, 4.69) is 73.3 Å². The van der Waals surface area contributed by atoms with Gasteiger partial charge >= 0.3 is 0 Å². The van der Waals surface area contributed by atoms with E-state index in [0.717, 1.165) is 5.69 Å². The second-order valence-electron chi connectivity index (χ2n) is 5.41. The van der Waals surface area contributed by atoms with E-state index in [1.54, 1.807) is 0 Å². The van der Waals surface area contributed by atoms with Crippen molar-refractivity contribution >= 4 is 17.7 Å². The van der Waals surface area contributed by atoms with Gasteiger partial charge in [0.25, 0.3) is 0 Å². The second kappa shape index (κ2) is 5.96. The van der Waals surface area contributed by atoms with Gasteiger partial charge in [-0.05, 0) is 31.6 Å². The Bertz CT molecular complexity index is 706. The third-order valence-electron chi connectivity index (χ3n) is 3.90. The van der Waals surface area contributed by atoms with Crippen LogP contribution in [0.15, 0.2) is 72.8 Å². The Kier molecular flexibility index (Phi) is 3.87. The fraction of sp³-hybridized carbons (Fsp3) is 0.105. The lowest BCUT2D eigenvalue weighted by molar-refractivity contribution is 1.28. The summed E-state index contributed by atoms with van der Waals surface area (Å²) in [4.78, 5) is 4.47. The Morgan fingerprint density at radius 2 is 1.71 bits per heavy atom. The molecule has 1 nitrogen and oxygen atoms in total. The van der Waals surface area contributed by atoms with Crippen molar-refractivity contribution in [2.45, 2.75) is 13.8 Å². The molecule has 2 aromatic rings. The molecule has 0 amide bonds. The van der Waals surface area contributed by atoms with Crippen LogP contribution in [-0.4, -0.2) is 11.7 Å². The number of rotatable bonds is 2. The summed E-state index contributed by atoms with van der Waals surface area (Å²) in [6.07, 6.45) is 8.19. The minimum atomic E-state index is 0.290. The number of pyridine rings is 1. The monoisotopic (exact) mass is 271 g/mol. The first kappa shape index (κ1) is 13.6. The number of hydrogen-bond donors (Lipinski definition) is 0. The average molecular weight is 271 g/mol. The number of hydrogen-bond acceptors (Lipinski definition) is 1. The van der Waals surface area contributed by atoms with Gasteiger partial charge in [-0.2, -0.15) is 0 Å². The SMILES string of the molecule is Cc1cccc(C)c1B1C=CC=CC(c2ccccn2)=C1. The van der Waals surface area contributed by atoms with Gasteiger partial charge in [-0.3, -0.25) is 4.98 Å². The normalized spacial score (nSPS) is 14.0. The van der Waals surface area contributed by atoms with Crippen molar-refractivity contribution in [1.82, 2.24) is 4.98 Å². The van der Waals surface area contributed by atoms with E-state index >= 15 is 0 Å². The summed E-state index contributed by atoms with van der Waals surface area (Å²) >= 11 is 0. The zero-order valence-electron chi connectivity index (χ0n) is 12.5. The molecule has 2 heteroatoms. The standard InChI is InChI=1S/C19H18BN/c1-15-8-7-9-16(2)19(15)20-12-5-3-10-17(14-20)18-11-4-6-13-21-18/h3-14H,1-2H3. The van der Waals surface area contributed by atoms with E-state index in [9.17, 15) is 0 Å². The highest BCUT2D eigenvalue weighted by Gasteiger charge is 2.17. The molecule has 1 aromatic heterocycles. The van der Waals surface area contributed by atoms with Crippen LogP contribution < -0.4 is 5.46 Å². The molecule has 0 saturated carbocycles. The lowest BCUT2D eigenvalue weighted by Crippen LogP contribution is -2.31. The van der Waals surface area contributed by atoms with Crippen LogP contribution in [0.4, 0.5) is 0 Å². The molecule has 0 bridgehead atoms. The number of aryl methyl sites for hydroxylation is 2. The highest BCUT2D eigenvalue weighted by molar-refractivity contribution is 6.83. The molecule has 3 rings (SSSR count). The third kappa shape index (κ3) is 2.90. The van der Waals surface area contributed by atoms with Crippen LogP contribution in [-0.2, 0) is 0 Å². The van der Waals surface area contributed by atoms with Crippen LogP contribution in [0.25, 0.3) is 5.57 Å². The van der Waals surface area contributed by atoms with Crippen molar-refractivity contribution < 1.29 is 0 Å². The smallest absolute Gasteiger partial charge is 0.227 e. The van der Waals surface area contributed by atoms with Crippen LogP contribution >= 0.6 is 0 Å². The van der Waals surface area contributed by atoms with E-state index in [-0.39, 0.29) is 0 Å². The van der Waals surface area contributed by atoms with Gasteiger partial charge in [-0.25, -0.2) is 0 Å². The van der Waals surface area contributed by atoms with Gasteiger partial charge in [0.2, 0.25) is 6.71 Å². The second-order valence-corrected chi connectivity index (χ2v) is 5.41. The minimum absolute atomic E-state index is 0.290. The topological polar surface area (TPSA) is 12.9 Å². The summed E-state index contributed by atoms with van der Waals surface area (Å²) in [6, 6.07) is 12.5. The molecule has 0 radical (unpaired) electrons. The minimum Gasteiger partial charge on any atom is -0.256 e. The molecule has 0 saturated heterocycles. The quantitative estimate of drug-likeness (QED) is 0.759. The Morgan fingerprint density at radius 3 is 2.43 bits per heavy atom. The van der Waals surface area contributed by atoms with E-state index < -0.39 is 0 Å². The first-order valence-corrected chi connectivity index (χ1v) is 7.30. The van der Waals surface area contributed by atoms with E-state index in [0.29, 0.717) is 6.71 Å². The third-order valence-corrected chi connectivity index (χ3v) is 3.90. The van der Waals surface area contributed by atoms with E-state index in [1.165, 1.54) is 22.2 Å². The number of aromatic nitrogens is 1. The van der Waals surface area contributed by atoms with Crippen molar-refractivity contribution in [3.63, 3.8) is 0 Å². The summed E-state index contributed by atoms with van der Waals surface area (Å²) in [5, 5.41) is 0. The van der Waals surface area contributed by atoms with Gasteiger partial charge in [-0.15, -0.1) is 5.98 Å². The van der Waals surface area contributed by atoms with Gasteiger partial charge in [-0.1, -0.05) is 65.1 Å². The predicted molar refractivity (Wildman–Crippen MR) is 91.8 cm³/mol. The number of nitrogens with zero attached hydrogens (tertiary/aromatic N) is 1. The molecule has 0 unspecified atom stereocenters. The molecule has 0 spiro atoms. The molecule has 0 N–H and O–H groups in total. The Labute approximate surface area is 126 Å². The molecular formula is C19H18BN. The van der Waals surface area contributed by atoms with E-state index in [1.807, 2.05) is 18.3 Å². The predicted octanol–water partition coefficient (Wildman–Crippen LogP) is 3.69. The van der Waals surface area contributed by atoms with Gasteiger partial charge in [0.1, 0.15) is 0 Å². The first-order chi connectivity index (χ1) is 10.3. The summed E-state index contributed by atoms with van der Waals surface area (Å²) in [7, 11) is 0. The van der Waals surface area contributed by atoms with Crippen LogP contribution in [0.5, 0.6) is 0 Å². The summed E-state index contributed by atoms with van der Waals surface area (Å²) in [5.41, 5.74) is 6.26. The molecule has 1 aromatic carbocycles. The molecular weight excluding hydrogens is 253 g/mol. The summed E-state index contributed by atoms with van der Waals surface area (Å²) in [6.45, 7) is 4.66. The molecule has 1 aliphatic rings. The summed E-state index contributed by atoms with van der Waals surface area (Å²) < 4.78 is 0. The Balaban J connectivity index is 2.07.